The van der Waals surface area contributed by atoms with Crippen molar-refractivity contribution in [3.63, 3.8) is 0 Å². The van der Waals surface area contributed by atoms with Crippen molar-refractivity contribution in [2.75, 3.05) is 13.1 Å². The van der Waals surface area contributed by atoms with Gasteiger partial charge in [0.15, 0.2) is 0 Å². The number of rotatable bonds is 3. The number of carboxylic acid groups (broad SMARTS) is 1. The van der Waals surface area contributed by atoms with Crippen molar-refractivity contribution in [3.8, 4) is 0 Å². The van der Waals surface area contributed by atoms with Gasteiger partial charge in [0.2, 0.25) is 11.8 Å². The molecule has 6 nitrogen and oxygen atoms in total. The second-order valence-electron chi connectivity index (χ2n) is 4.37. The number of hydrogen-bond donors (Lipinski definition) is 2. The van der Waals surface area contributed by atoms with Gasteiger partial charge in [0.05, 0.1) is 6.42 Å². The maximum atomic E-state index is 11.8. The molecule has 16 heavy (non-hydrogen) atoms. The molecule has 6 heteroatoms. The third kappa shape index (κ3) is 2.15. The van der Waals surface area contributed by atoms with E-state index in [0.29, 0.717) is 25.9 Å². The third-order valence-corrected chi connectivity index (χ3v) is 3.03. The zero-order chi connectivity index (χ0) is 11.7. The quantitative estimate of drug-likeness (QED) is 0.659. The summed E-state index contributed by atoms with van der Waals surface area (Å²) in [6, 6.07) is -0.390. The molecule has 0 spiro atoms. The van der Waals surface area contributed by atoms with E-state index in [9.17, 15) is 14.4 Å². The Balaban J connectivity index is 1.77. The second kappa shape index (κ2) is 4.11. The predicted octanol–water partition coefficient (Wildman–Crippen LogP) is -0.802. The standard InChI is InChI=1S/C10H14N2O4/c13-8-2-1-7(11-8)10(16)12-4-6(5-12)3-9(14)15/h6-7H,1-5H2,(H,11,13)(H,14,15). The molecule has 2 fully saturated rings. The first-order valence-electron chi connectivity index (χ1n) is 5.36. The fraction of sp³-hybridized carbons (Fsp3) is 0.700. The highest BCUT2D eigenvalue weighted by Crippen LogP contribution is 2.21. The lowest BCUT2D eigenvalue weighted by atomic mass is 9.95. The van der Waals surface area contributed by atoms with Crippen molar-refractivity contribution in [3.05, 3.63) is 0 Å². The SMILES string of the molecule is O=C(O)CC1CN(C(=O)C2CCC(=O)N2)C1. The lowest BCUT2D eigenvalue weighted by Crippen LogP contribution is -2.55. The van der Waals surface area contributed by atoms with Crippen LogP contribution in [0.5, 0.6) is 0 Å². The minimum absolute atomic E-state index is 0.0681. The first-order chi connectivity index (χ1) is 7.56. The van der Waals surface area contributed by atoms with Gasteiger partial charge in [-0.15, -0.1) is 0 Å². The lowest BCUT2D eigenvalue weighted by molar-refractivity contribution is -0.146. The summed E-state index contributed by atoms with van der Waals surface area (Å²) in [5.74, 6) is -0.918. The minimum Gasteiger partial charge on any atom is -0.481 e. The van der Waals surface area contributed by atoms with Crippen LogP contribution in [0.1, 0.15) is 19.3 Å². The normalized spacial score (nSPS) is 25.1. The summed E-state index contributed by atoms with van der Waals surface area (Å²) in [5.41, 5.74) is 0. The number of hydrogen-bond acceptors (Lipinski definition) is 3. The van der Waals surface area contributed by atoms with Crippen LogP contribution in [0, 0.1) is 5.92 Å². The molecule has 0 aliphatic carbocycles. The van der Waals surface area contributed by atoms with Gasteiger partial charge in [0.1, 0.15) is 6.04 Å². The Kier molecular flexibility index (Phi) is 2.80. The monoisotopic (exact) mass is 226 g/mol. The van der Waals surface area contributed by atoms with Crippen molar-refractivity contribution >= 4 is 17.8 Å². The molecule has 88 valence electrons. The van der Waals surface area contributed by atoms with Crippen LogP contribution in [0.15, 0.2) is 0 Å². The van der Waals surface area contributed by atoms with Gasteiger partial charge in [-0.2, -0.15) is 0 Å². The lowest BCUT2D eigenvalue weighted by Gasteiger charge is -2.39. The molecule has 1 unspecified atom stereocenters. The number of nitrogens with zero attached hydrogens (tertiary/aromatic N) is 1. The van der Waals surface area contributed by atoms with Gasteiger partial charge in [0.25, 0.3) is 0 Å². The van der Waals surface area contributed by atoms with Gasteiger partial charge >= 0.3 is 5.97 Å². The van der Waals surface area contributed by atoms with Crippen molar-refractivity contribution in [1.82, 2.24) is 10.2 Å². The molecule has 2 rings (SSSR count). The molecule has 2 saturated heterocycles. The molecule has 2 heterocycles. The second-order valence-corrected chi connectivity index (χ2v) is 4.37. The summed E-state index contributed by atoms with van der Waals surface area (Å²) in [6.45, 7) is 0.995. The molecular weight excluding hydrogens is 212 g/mol. The molecule has 0 aromatic carbocycles. The van der Waals surface area contributed by atoms with Gasteiger partial charge < -0.3 is 15.3 Å². The van der Waals surface area contributed by atoms with E-state index in [4.69, 9.17) is 5.11 Å². The van der Waals surface area contributed by atoms with E-state index in [-0.39, 0.29) is 24.2 Å². The Labute approximate surface area is 92.6 Å². The average molecular weight is 226 g/mol. The summed E-state index contributed by atoms with van der Waals surface area (Å²) in [6.07, 6.45) is 1.07. The number of carbonyl (C=O) groups is 3. The molecule has 2 aliphatic heterocycles. The van der Waals surface area contributed by atoms with Gasteiger partial charge in [-0.25, -0.2) is 0 Å². The van der Waals surface area contributed by atoms with Crippen LogP contribution >= 0.6 is 0 Å². The zero-order valence-corrected chi connectivity index (χ0v) is 8.81. The topological polar surface area (TPSA) is 86.7 Å². The van der Waals surface area contributed by atoms with E-state index >= 15 is 0 Å². The molecule has 0 aromatic rings. The number of amides is 2. The van der Waals surface area contributed by atoms with Crippen molar-refractivity contribution < 1.29 is 19.5 Å². The van der Waals surface area contributed by atoms with Crippen LogP contribution in [-0.2, 0) is 14.4 Å². The summed E-state index contributed by atoms with van der Waals surface area (Å²) >= 11 is 0. The predicted molar refractivity (Wildman–Crippen MR) is 53.5 cm³/mol. The van der Waals surface area contributed by atoms with Gasteiger partial charge in [-0.1, -0.05) is 0 Å². The van der Waals surface area contributed by atoms with Crippen LogP contribution in [-0.4, -0.2) is 46.9 Å². The number of carboxylic acids is 1. The smallest absolute Gasteiger partial charge is 0.303 e. The molecular formula is C10H14N2O4. The maximum absolute atomic E-state index is 11.8. The highest BCUT2D eigenvalue weighted by molar-refractivity contribution is 5.91. The van der Waals surface area contributed by atoms with Crippen molar-refractivity contribution in [2.45, 2.75) is 25.3 Å². The van der Waals surface area contributed by atoms with Crippen LogP contribution in [0.25, 0.3) is 0 Å². The average Bonchev–Trinajstić information content (AvgIpc) is 2.56. The van der Waals surface area contributed by atoms with E-state index in [2.05, 4.69) is 5.32 Å². The minimum atomic E-state index is -0.828. The Morgan fingerprint density at radius 2 is 2.12 bits per heavy atom. The van der Waals surface area contributed by atoms with Crippen molar-refractivity contribution in [2.24, 2.45) is 5.92 Å². The number of likely N-dealkylation sites (tertiary alicyclic amines) is 1. The number of carbonyl (C=O) groups excluding carboxylic acids is 2. The molecule has 0 radical (unpaired) electrons. The number of aliphatic carboxylic acids is 1. The van der Waals surface area contributed by atoms with E-state index in [1.807, 2.05) is 0 Å². The molecule has 2 aliphatic rings. The van der Waals surface area contributed by atoms with E-state index < -0.39 is 12.0 Å². The molecule has 2 N–H and O–H groups in total. The molecule has 0 saturated carbocycles. The Morgan fingerprint density at radius 1 is 1.44 bits per heavy atom. The highest BCUT2D eigenvalue weighted by Gasteiger charge is 2.37. The number of nitrogens with one attached hydrogen (secondary N) is 1. The highest BCUT2D eigenvalue weighted by atomic mass is 16.4. The van der Waals surface area contributed by atoms with E-state index in [1.165, 1.54) is 0 Å². The Morgan fingerprint density at radius 3 is 2.62 bits per heavy atom. The van der Waals surface area contributed by atoms with Gasteiger partial charge in [-0.3, -0.25) is 14.4 Å². The Hall–Kier alpha value is -1.59. The van der Waals surface area contributed by atoms with Crippen molar-refractivity contribution in [1.29, 1.82) is 0 Å². The van der Waals surface area contributed by atoms with Crippen LogP contribution in [0.3, 0.4) is 0 Å². The van der Waals surface area contributed by atoms with Crippen LogP contribution in [0.2, 0.25) is 0 Å². The summed E-state index contributed by atoms with van der Waals surface area (Å²) in [4.78, 5) is 34.7. The maximum Gasteiger partial charge on any atom is 0.303 e. The molecule has 0 aromatic heterocycles. The third-order valence-electron chi connectivity index (χ3n) is 3.03. The Bertz CT molecular complexity index is 336. The van der Waals surface area contributed by atoms with Gasteiger partial charge in [0, 0.05) is 25.4 Å². The fourth-order valence-electron chi connectivity index (χ4n) is 2.15. The summed E-state index contributed by atoms with van der Waals surface area (Å²) < 4.78 is 0. The first kappa shape index (κ1) is 10.9. The first-order valence-corrected chi connectivity index (χ1v) is 5.36. The van der Waals surface area contributed by atoms with E-state index in [1.54, 1.807) is 4.90 Å². The zero-order valence-electron chi connectivity index (χ0n) is 8.81. The van der Waals surface area contributed by atoms with Crippen LogP contribution in [0.4, 0.5) is 0 Å². The van der Waals surface area contributed by atoms with Crippen LogP contribution < -0.4 is 5.32 Å². The molecule has 0 bridgehead atoms. The van der Waals surface area contributed by atoms with E-state index in [0.717, 1.165) is 0 Å². The summed E-state index contributed by atoms with van der Waals surface area (Å²) in [7, 11) is 0. The fourth-order valence-corrected chi connectivity index (χ4v) is 2.15. The summed E-state index contributed by atoms with van der Waals surface area (Å²) in [5, 5.41) is 11.2. The molecule has 2 amide bonds. The molecule has 1 atom stereocenters. The largest absolute Gasteiger partial charge is 0.481 e. The van der Waals surface area contributed by atoms with Gasteiger partial charge in [-0.05, 0) is 6.42 Å².